The van der Waals surface area contributed by atoms with Crippen LogP contribution < -0.4 is 5.32 Å². The average molecular weight is 393 g/mol. The molecule has 0 radical (unpaired) electrons. The van der Waals surface area contributed by atoms with Gasteiger partial charge in [-0.1, -0.05) is 30.3 Å². The number of carbonyl (C=O) groups excluding carboxylic acids is 2. The zero-order valence-electron chi connectivity index (χ0n) is 15.0. The van der Waals surface area contributed by atoms with E-state index < -0.39 is 11.8 Å². The first-order chi connectivity index (χ1) is 13.4. The SMILES string of the molecule is CN1C(=O)C(=Cc2cn(Cc3cccc(F)c3)c3ccccc23)C(=O)NC1=S. The summed E-state index contributed by atoms with van der Waals surface area (Å²) >= 11 is 4.98. The summed E-state index contributed by atoms with van der Waals surface area (Å²) in [5.41, 5.74) is 2.49. The Hall–Kier alpha value is -3.32. The lowest BCUT2D eigenvalue weighted by molar-refractivity contribution is -0.128. The molecule has 2 heterocycles. The van der Waals surface area contributed by atoms with Crippen molar-refractivity contribution < 1.29 is 14.0 Å². The number of aromatic nitrogens is 1. The second kappa shape index (κ2) is 7.01. The number of thiocarbonyl (C=S) groups is 1. The lowest BCUT2D eigenvalue weighted by Gasteiger charge is -2.24. The van der Waals surface area contributed by atoms with Gasteiger partial charge in [0.05, 0.1) is 0 Å². The predicted molar refractivity (Wildman–Crippen MR) is 109 cm³/mol. The van der Waals surface area contributed by atoms with Crippen molar-refractivity contribution in [1.29, 1.82) is 0 Å². The first kappa shape index (κ1) is 18.1. The number of likely N-dealkylation sites (N-methyl/N-ethyl adjacent to an activating group) is 1. The molecule has 5 nitrogen and oxygen atoms in total. The summed E-state index contributed by atoms with van der Waals surface area (Å²) < 4.78 is 15.5. The maximum absolute atomic E-state index is 13.5. The smallest absolute Gasteiger partial charge is 0.265 e. The molecule has 2 aromatic carbocycles. The summed E-state index contributed by atoms with van der Waals surface area (Å²) in [5.74, 6) is -1.26. The quantitative estimate of drug-likeness (QED) is 0.423. The fourth-order valence-electron chi connectivity index (χ4n) is 3.25. The van der Waals surface area contributed by atoms with Gasteiger partial charge in [-0.2, -0.15) is 0 Å². The average Bonchev–Trinajstić information content (AvgIpc) is 3.01. The van der Waals surface area contributed by atoms with Gasteiger partial charge >= 0.3 is 0 Å². The largest absolute Gasteiger partial charge is 0.342 e. The number of para-hydroxylation sites is 1. The Bertz CT molecular complexity index is 1170. The number of hydrogen-bond donors (Lipinski definition) is 1. The number of nitrogens with zero attached hydrogens (tertiary/aromatic N) is 2. The number of carbonyl (C=O) groups is 2. The highest BCUT2D eigenvalue weighted by molar-refractivity contribution is 7.80. The van der Waals surface area contributed by atoms with Crippen molar-refractivity contribution >= 4 is 46.1 Å². The molecular formula is C21H16FN3O2S. The van der Waals surface area contributed by atoms with Crippen LogP contribution in [0.5, 0.6) is 0 Å². The lowest BCUT2D eigenvalue weighted by Crippen LogP contribution is -2.52. The highest BCUT2D eigenvalue weighted by atomic mass is 32.1. The molecule has 0 aliphatic carbocycles. The zero-order valence-corrected chi connectivity index (χ0v) is 15.8. The summed E-state index contributed by atoms with van der Waals surface area (Å²) in [5, 5.41) is 3.49. The molecule has 0 spiro atoms. The van der Waals surface area contributed by atoms with E-state index in [1.54, 1.807) is 12.1 Å². The molecule has 1 saturated heterocycles. The van der Waals surface area contributed by atoms with Crippen LogP contribution in [0.1, 0.15) is 11.1 Å². The Balaban J connectivity index is 1.79. The van der Waals surface area contributed by atoms with E-state index in [0.717, 1.165) is 22.0 Å². The molecule has 1 fully saturated rings. The molecule has 140 valence electrons. The van der Waals surface area contributed by atoms with Crippen LogP contribution in [0.25, 0.3) is 17.0 Å². The molecule has 0 unspecified atom stereocenters. The third kappa shape index (κ3) is 3.20. The van der Waals surface area contributed by atoms with Crippen LogP contribution in [0.15, 0.2) is 60.3 Å². The first-order valence-electron chi connectivity index (χ1n) is 8.61. The number of halogens is 1. The fraction of sp³-hybridized carbons (Fsp3) is 0.0952. The molecule has 3 aromatic rings. The Labute approximate surface area is 166 Å². The molecule has 4 rings (SSSR count). The Morgan fingerprint density at radius 2 is 1.93 bits per heavy atom. The molecule has 0 atom stereocenters. The normalized spacial score (nSPS) is 16.1. The third-order valence-electron chi connectivity index (χ3n) is 4.67. The monoisotopic (exact) mass is 393 g/mol. The molecule has 1 aliphatic rings. The van der Waals surface area contributed by atoms with Crippen LogP contribution >= 0.6 is 12.2 Å². The van der Waals surface area contributed by atoms with Gasteiger partial charge in [0.1, 0.15) is 11.4 Å². The summed E-state index contributed by atoms with van der Waals surface area (Å²) in [6.45, 7) is 0.464. The van der Waals surface area contributed by atoms with Gasteiger partial charge in [-0.3, -0.25) is 19.8 Å². The van der Waals surface area contributed by atoms with Gasteiger partial charge in [-0.25, -0.2) is 4.39 Å². The van der Waals surface area contributed by atoms with E-state index in [1.165, 1.54) is 24.1 Å². The molecule has 1 N–H and O–H groups in total. The zero-order chi connectivity index (χ0) is 19.8. The van der Waals surface area contributed by atoms with E-state index >= 15 is 0 Å². The molecule has 1 aliphatic heterocycles. The number of fused-ring (bicyclic) bond motifs is 1. The number of nitrogens with one attached hydrogen (secondary N) is 1. The predicted octanol–water partition coefficient (Wildman–Crippen LogP) is 3.09. The Kier molecular flexibility index (Phi) is 4.52. The number of rotatable bonds is 3. The van der Waals surface area contributed by atoms with Crippen LogP contribution in [-0.4, -0.2) is 33.4 Å². The van der Waals surface area contributed by atoms with Crippen LogP contribution in [-0.2, 0) is 16.1 Å². The van der Waals surface area contributed by atoms with E-state index in [4.69, 9.17) is 12.2 Å². The topological polar surface area (TPSA) is 54.3 Å². The Morgan fingerprint density at radius 3 is 2.71 bits per heavy atom. The lowest BCUT2D eigenvalue weighted by atomic mass is 10.1. The van der Waals surface area contributed by atoms with Gasteiger partial charge in [0.25, 0.3) is 11.8 Å². The van der Waals surface area contributed by atoms with Crippen LogP contribution in [0.2, 0.25) is 0 Å². The standard InChI is InChI=1S/C21H16FN3O2S/c1-24-20(27)17(19(26)23-21(24)28)10-14-12-25(18-8-3-2-7-16(14)18)11-13-5-4-6-15(22)9-13/h2-10,12H,11H2,1H3,(H,23,26,28). The van der Waals surface area contributed by atoms with E-state index in [2.05, 4.69) is 5.32 Å². The van der Waals surface area contributed by atoms with Gasteiger partial charge < -0.3 is 4.57 Å². The summed E-state index contributed by atoms with van der Waals surface area (Å²) in [6, 6.07) is 14.1. The van der Waals surface area contributed by atoms with E-state index in [0.29, 0.717) is 6.54 Å². The van der Waals surface area contributed by atoms with Crippen molar-refractivity contribution in [2.75, 3.05) is 7.05 Å². The minimum atomic E-state index is -0.518. The van der Waals surface area contributed by atoms with Crippen molar-refractivity contribution in [2.45, 2.75) is 6.54 Å². The minimum Gasteiger partial charge on any atom is -0.342 e. The highest BCUT2D eigenvalue weighted by Gasteiger charge is 2.31. The van der Waals surface area contributed by atoms with Gasteiger partial charge in [-0.05, 0) is 42.1 Å². The van der Waals surface area contributed by atoms with Gasteiger partial charge in [-0.15, -0.1) is 0 Å². The van der Waals surface area contributed by atoms with Crippen molar-refractivity contribution in [3.05, 3.63) is 77.2 Å². The summed E-state index contributed by atoms with van der Waals surface area (Å²) in [7, 11) is 1.52. The van der Waals surface area contributed by atoms with Crippen molar-refractivity contribution in [3.8, 4) is 0 Å². The molecular weight excluding hydrogens is 377 g/mol. The molecule has 1 aromatic heterocycles. The molecule has 0 bridgehead atoms. The first-order valence-corrected chi connectivity index (χ1v) is 9.02. The van der Waals surface area contributed by atoms with Crippen molar-refractivity contribution in [2.24, 2.45) is 0 Å². The van der Waals surface area contributed by atoms with Crippen LogP contribution in [0, 0.1) is 5.82 Å². The molecule has 2 amide bonds. The van der Waals surface area contributed by atoms with Gasteiger partial charge in [0, 0.05) is 36.3 Å². The van der Waals surface area contributed by atoms with Gasteiger partial charge in [0.2, 0.25) is 0 Å². The Morgan fingerprint density at radius 1 is 1.14 bits per heavy atom. The number of amides is 2. The van der Waals surface area contributed by atoms with Crippen LogP contribution in [0.3, 0.4) is 0 Å². The maximum atomic E-state index is 13.5. The van der Waals surface area contributed by atoms with Gasteiger partial charge in [0.15, 0.2) is 5.11 Å². The van der Waals surface area contributed by atoms with E-state index in [-0.39, 0.29) is 16.5 Å². The van der Waals surface area contributed by atoms with Crippen molar-refractivity contribution in [3.63, 3.8) is 0 Å². The third-order valence-corrected chi connectivity index (χ3v) is 5.04. The fourth-order valence-corrected chi connectivity index (χ4v) is 3.43. The summed E-state index contributed by atoms with van der Waals surface area (Å²) in [4.78, 5) is 26.0. The second-order valence-electron chi connectivity index (χ2n) is 6.54. The highest BCUT2D eigenvalue weighted by Crippen LogP contribution is 2.25. The second-order valence-corrected chi connectivity index (χ2v) is 6.93. The molecule has 0 saturated carbocycles. The summed E-state index contributed by atoms with van der Waals surface area (Å²) in [6.07, 6.45) is 3.43. The van der Waals surface area contributed by atoms with Crippen molar-refractivity contribution in [1.82, 2.24) is 14.8 Å². The number of hydrogen-bond acceptors (Lipinski definition) is 3. The van der Waals surface area contributed by atoms with E-state index in [1.807, 2.05) is 41.1 Å². The van der Waals surface area contributed by atoms with E-state index in [9.17, 15) is 14.0 Å². The minimum absolute atomic E-state index is 0.0183. The maximum Gasteiger partial charge on any atom is 0.265 e. The molecule has 7 heteroatoms. The van der Waals surface area contributed by atoms with Crippen LogP contribution in [0.4, 0.5) is 4.39 Å². The number of benzene rings is 2. The molecule has 28 heavy (non-hydrogen) atoms.